The van der Waals surface area contributed by atoms with Gasteiger partial charge in [0.15, 0.2) is 0 Å². The molecule has 0 bridgehead atoms. The van der Waals surface area contributed by atoms with Crippen molar-refractivity contribution in [3.8, 4) is 0 Å². The lowest BCUT2D eigenvalue weighted by atomic mass is 10.2. The summed E-state index contributed by atoms with van der Waals surface area (Å²) in [6.45, 7) is 0. The summed E-state index contributed by atoms with van der Waals surface area (Å²) >= 11 is 3.29. The molecule has 0 aliphatic rings. The van der Waals surface area contributed by atoms with Crippen LogP contribution in [0.25, 0.3) is 6.08 Å². The van der Waals surface area contributed by atoms with E-state index in [2.05, 4.69) is 25.7 Å². The summed E-state index contributed by atoms with van der Waals surface area (Å²) in [5.74, 6) is 0.145. The smallest absolute Gasteiger partial charge is 0.309 e. The van der Waals surface area contributed by atoms with Gasteiger partial charge < -0.3 is 10.5 Å². The Labute approximate surface area is 96.3 Å². The van der Waals surface area contributed by atoms with Gasteiger partial charge in [0, 0.05) is 16.2 Å². The van der Waals surface area contributed by atoms with Crippen LogP contribution in [0.5, 0.6) is 0 Å². The normalized spacial score (nSPS) is 10.5. The first-order valence-electron chi connectivity index (χ1n) is 4.28. The number of hydrogen-bond acceptors (Lipinski definition) is 4. The molecule has 15 heavy (non-hydrogen) atoms. The number of carbonyl (C=O) groups excluding carboxylic acids is 1. The zero-order valence-electron chi connectivity index (χ0n) is 8.24. The molecular weight excluding hydrogens is 260 g/mol. The van der Waals surface area contributed by atoms with Gasteiger partial charge in [-0.15, -0.1) is 0 Å². The van der Waals surface area contributed by atoms with Crippen LogP contribution in [0.1, 0.15) is 12.0 Å². The number of aromatic nitrogens is 1. The molecule has 0 unspecified atom stereocenters. The fourth-order valence-corrected chi connectivity index (χ4v) is 1.31. The minimum atomic E-state index is -0.284. The van der Waals surface area contributed by atoms with E-state index in [1.165, 1.54) is 7.11 Å². The van der Waals surface area contributed by atoms with Gasteiger partial charge in [0.05, 0.1) is 13.5 Å². The molecule has 80 valence electrons. The number of pyridine rings is 1. The monoisotopic (exact) mass is 270 g/mol. The molecule has 1 heterocycles. The summed E-state index contributed by atoms with van der Waals surface area (Å²) in [6, 6.07) is 1.83. The van der Waals surface area contributed by atoms with Gasteiger partial charge in [-0.25, -0.2) is 4.98 Å². The van der Waals surface area contributed by atoms with Gasteiger partial charge in [-0.1, -0.05) is 12.2 Å². The second-order valence-electron chi connectivity index (χ2n) is 2.81. The Morgan fingerprint density at radius 3 is 3.13 bits per heavy atom. The van der Waals surface area contributed by atoms with Crippen molar-refractivity contribution >= 4 is 33.8 Å². The third-order valence-electron chi connectivity index (χ3n) is 1.73. The van der Waals surface area contributed by atoms with Gasteiger partial charge in [-0.05, 0) is 22.0 Å². The van der Waals surface area contributed by atoms with E-state index in [0.717, 1.165) is 10.0 Å². The van der Waals surface area contributed by atoms with Crippen LogP contribution in [-0.4, -0.2) is 18.1 Å². The number of methoxy groups -OCH3 is 1. The molecule has 0 spiro atoms. The minimum absolute atomic E-state index is 0.225. The Morgan fingerprint density at radius 1 is 1.73 bits per heavy atom. The average Bonchev–Trinajstić information content (AvgIpc) is 2.23. The van der Waals surface area contributed by atoms with Gasteiger partial charge in [-0.3, -0.25) is 4.79 Å². The Bertz CT molecular complexity index is 391. The first-order chi connectivity index (χ1) is 7.13. The molecule has 0 fully saturated rings. The van der Waals surface area contributed by atoms with Gasteiger partial charge in [0.1, 0.15) is 5.82 Å². The van der Waals surface area contributed by atoms with E-state index in [0.29, 0.717) is 5.82 Å². The van der Waals surface area contributed by atoms with Crippen molar-refractivity contribution in [1.29, 1.82) is 0 Å². The second-order valence-corrected chi connectivity index (χ2v) is 3.73. The Kier molecular flexibility index (Phi) is 4.30. The Hall–Kier alpha value is -1.36. The van der Waals surface area contributed by atoms with Crippen molar-refractivity contribution in [3.63, 3.8) is 0 Å². The van der Waals surface area contributed by atoms with Gasteiger partial charge >= 0.3 is 5.97 Å². The number of nitrogens with zero attached hydrogens (tertiary/aromatic N) is 1. The number of rotatable bonds is 3. The van der Waals surface area contributed by atoms with Crippen LogP contribution >= 0.6 is 15.9 Å². The number of nitrogen functional groups attached to an aromatic ring is 1. The first-order valence-corrected chi connectivity index (χ1v) is 5.07. The molecular formula is C10H11BrN2O2. The van der Waals surface area contributed by atoms with Crippen molar-refractivity contribution in [1.82, 2.24) is 4.98 Å². The average molecular weight is 271 g/mol. The summed E-state index contributed by atoms with van der Waals surface area (Å²) in [4.78, 5) is 14.8. The zero-order valence-corrected chi connectivity index (χ0v) is 9.82. The molecule has 1 rings (SSSR count). The Balaban J connectivity index is 2.71. The maximum atomic E-state index is 10.8. The van der Waals surface area contributed by atoms with Crippen molar-refractivity contribution in [2.75, 3.05) is 12.8 Å². The standard InChI is InChI=1S/C10H11BrN2O2/c1-15-9(14)4-2-3-7-5-8(11)6-13-10(7)12/h2-3,5-6H,4H2,1H3,(H2,12,13). The van der Waals surface area contributed by atoms with E-state index in [1.54, 1.807) is 18.3 Å². The molecule has 0 radical (unpaired) electrons. The minimum Gasteiger partial charge on any atom is -0.469 e. The molecule has 1 aromatic rings. The summed E-state index contributed by atoms with van der Waals surface area (Å²) in [7, 11) is 1.35. The summed E-state index contributed by atoms with van der Waals surface area (Å²) in [5.41, 5.74) is 6.41. The van der Waals surface area contributed by atoms with Crippen molar-refractivity contribution in [2.45, 2.75) is 6.42 Å². The number of anilines is 1. The van der Waals surface area contributed by atoms with Crippen LogP contribution < -0.4 is 5.73 Å². The third kappa shape index (κ3) is 3.71. The van der Waals surface area contributed by atoms with E-state index >= 15 is 0 Å². The van der Waals surface area contributed by atoms with E-state index in [-0.39, 0.29) is 12.4 Å². The molecule has 4 nitrogen and oxygen atoms in total. The molecule has 2 N–H and O–H groups in total. The first kappa shape index (κ1) is 11.7. The summed E-state index contributed by atoms with van der Waals surface area (Å²) in [6.07, 6.45) is 5.27. The van der Waals surface area contributed by atoms with Crippen molar-refractivity contribution < 1.29 is 9.53 Å². The Morgan fingerprint density at radius 2 is 2.47 bits per heavy atom. The van der Waals surface area contributed by atoms with Gasteiger partial charge in [0.25, 0.3) is 0 Å². The van der Waals surface area contributed by atoms with E-state index in [1.807, 2.05) is 6.07 Å². The fourth-order valence-electron chi connectivity index (χ4n) is 0.964. The molecule has 0 aliphatic heterocycles. The summed E-state index contributed by atoms with van der Waals surface area (Å²) in [5, 5.41) is 0. The number of esters is 1. The number of halogens is 1. The van der Waals surface area contributed by atoms with Crippen LogP contribution in [0.2, 0.25) is 0 Å². The molecule has 0 aliphatic carbocycles. The number of carbonyl (C=O) groups is 1. The topological polar surface area (TPSA) is 65.2 Å². The lowest BCUT2D eigenvalue weighted by Crippen LogP contribution is -1.97. The van der Waals surface area contributed by atoms with Crippen molar-refractivity contribution in [2.24, 2.45) is 0 Å². The maximum Gasteiger partial charge on any atom is 0.309 e. The van der Waals surface area contributed by atoms with E-state index < -0.39 is 0 Å². The van der Waals surface area contributed by atoms with E-state index in [9.17, 15) is 4.79 Å². The largest absolute Gasteiger partial charge is 0.469 e. The molecule has 0 saturated carbocycles. The maximum absolute atomic E-state index is 10.8. The lowest BCUT2D eigenvalue weighted by molar-refractivity contribution is -0.139. The van der Waals surface area contributed by atoms with Crippen LogP contribution in [0, 0.1) is 0 Å². The molecule has 0 aromatic carbocycles. The summed E-state index contributed by atoms with van der Waals surface area (Å²) < 4.78 is 5.34. The molecule has 0 saturated heterocycles. The number of hydrogen-bond donors (Lipinski definition) is 1. The van der Waals surface area contributed by atoms with E-state index in [4.69, 9.17) is 5.73 Å². The highest BCUT2D eigenvalue weighted by atomic mass is 79.9. The second kappa shape index (κ2) is 5.50. The quantitative estimate of drug-likeness (QED) is 0.854. The number of ether oxygens (including phenoxy) is 1. The highest BCUT2D eigenvalue weighted by Gasteiger charge is 1.98. The fraction of sp³-hybridized carbons (Fsp3) is 0.200. The predicted octanol–water partition coefficient (Wildman–Crippen LogP) is 2.00. The molecule has 0 atom stereocenters. The molecule has 5 heteroatoms. The van der Waals surface area contributed by atoms with Crippen LogP contribution in [0.15, 0.2) is 22.8 Å². The zero-order chi connectivity index (χ0) is 11.3. The molecule has 1 aromatic heterocycles. The predicted molar refractivity (Wildman–Crippen MR) is 62.0 cm³/mol. The van der Waals surface area contributed by atoms with Gasteiger partial charge in [-0.2, -0.15) is 0 Å². The highest BCUT2D eigenvalue weighted by Crippen LogP contribution is 2.16. The highest BCUT2D eigenvalue weighted by molar-refractivity contribution is 9.10. The lowest BCUT2D eigenvalue weighted by Gasteiger charge is -1.99. The van der Waals surface area contributed by atoms with Crippen molar-refractivity contribution in [3.05, 3.63) is 28.4 Å². The third-order valence-corrected chi connectivity index (χ3v) is 2.16. The van der Waals surface area contributed by atoms with Crippen LogP contribution in [0.4, 0.5) is 5.82 Å². The van der Waals surface area contributed by atoms with Crippen LogP contribution in [0.3, 0.4) is 0 Å². The SMILES string of the molecule is COC(=O)CC=Cc1cc(Br)cnc1N. The van der Waals surface area contributed by atoms with Crippen LogP contribution in [-0.2, 0) is 9.53 Å². The number of nitrogens with two attached hydrogens (primary N) is 1. The molecule has 0 amide bonds. The van der Waals surface area contributed by atoms with Gasteiger partial charge in [0.2, 0.25) is 0 Å².